The van der Waals surface area contributed by atoms with Crippen LogP contribution in [0.15, 0.2) is 90.1 Å². The zero-order chi connectivity index (χ0) is 21.2. The first kappa shape index (κ1) is 19.0. The van der Waals surface area contributed by atoms with E-state index in [2.05, 4.69) is 27.5 Å². The molecular weight excluding hydrogens is 384 g/mol. The van der Waals surface area contributed by atoms with Gasteiger partial charge in [-0.15, -0.1) is 0 Å². The summed E-state index contributed by atoms with van der Waals surface area (Å²) in [6.45, 7) is 0.802. The number of hydrogen-bond donors (Lipinski definition) is 1. The van der Waals surface area contributed by atoms with Crippen LogP contribution in [-0.2, 0) is 13.5 Å². The summed E-state index contributed by atoms with van der Waals surface area (Å²) in [5.74, 6) is 0. The molecule has 0 saturated carbocycles. The van der Waals surface area contributed by atoms with Crippen LogP contribution in [0.1, 0.15) is 5.56 Å². The maximum atomic E-state index is 13.4. The molecule has 2 heterocycles. The Morgan fingerprint density at radius 1 is 0.903 bits per heavy atom. The summed E-state index contributed by atoms with van der Waals surface area (Å²) in [5, 5.41) is 9.86. The molecule has 0 aliphatic rings. The molecule has 0 atom stereocenters. The van der Waals surface area contributed by atoms with Crippen LogP contribution in [0.2, 0.25) is 0 Å². The maximum Gasteiger partial charge on any atom is 0.195 e. The molecule has 0 saturated heterocycles. The van der Waals surface area contributed by atoms with E-state index in [0.29, 0.717) is 16.3 Å². The lowest BCUT2D eigenvalue weighted by atomic mass is 10.1. The van der Waals surface area contributed by atoms with E-state index in [4.69, 9.17) is 0 Å². The molecule has 0 bridgehead atoms. The van der Waals surface area contributed by atoms with Crippen LogP contribution in [0.5, 0.6) is 0 Å². The van der Waals surface area contributed by atoms with Crippen LogP contribution in [-0.4, -0.2) is 21.3 Å². The van der Waals surface area contributed by atoms with Crippen molar-refractivity contribution in [3.05, 3.63) is 101 Å². The highest BCUT2D eigenvalue weighted by Gasteiger charge is 2.08. The molecule has 3 aromatic carbocycles. The van der Waals surface area contributed by atoms with Crippen LogP contribution in [0, 0.1) is 0 Å². The highest BCUT2D eigenvalue weighted by molar-refractivity contribution is 5.94. The number of aryl methyl sites for hydroxylation is 1. The Morgan fingerprint density at radius 2 is 1.74 bits per heavy atom. The molecule has 5 aromatic rings. The van der Waals surface area contributed by atoms with Crippen molar-refractivity contribution in [1.82, 2.24) is 14.8 Å². The minimum atomic E-state index is -0.0139. The average molecular weight is 406 g/mol. The molecule has 5 rings (SSSR count). The second-order valence-electron chi connectivity index (χ2n) is 7.69. The van der Waals surface area contributed by atoms with Gasteiger partial charge in [-0.1, -0.05) is 42.5 Å². The van der Waals surface area contributed by atoms with Crippen LogP contribution >= 0.6 is 0 Å². The Kier molecular flexibility index (Phi) is 4.92. The zero-order valence-corrected chi connectivity index (χ0v) is 17.2. The Morgan fingerprint density at radius 3 is 2.55 bits per heavy atom. The highest BCUT2D eigenvalue weighted by Crippen LogP contribution is 2.23. The van der Waals surface area contributed by atoms with Gasteiger partial charge in [0.2, 0.25) is 0 Å². The standard InChI is InChI=1S/C26H22N4O/c1-30-17-21(16-29-30)20-13-24-25(28-15-20)10-8-19-7-9-22(14-23(19)26(24)31)27-12-11-18-5-3-2-4-6-18/h2-10,13-17,27H,11-12H2,1H3. The minimum absolute atomic E-state index is 0.0139. The average Bonchev–Trinajstić information content (AvgIpc) is 3.19. The predicted molar refractivity (Wildman–Crippen MR) is 126 cm³/mol. The van der Waals surface area contributed by atoms with Crippen molar-refractivity contribution in [2.24, 2.45) is 7.05 Å². The third-order valence-corrected chi connectivity index (χ3v) is 5.51. The first-order valence-electron chi connectivity index (χ1n) is 10.3. The molecule has 1 N–H and O–H groups in total. The first-order chi connectivity index (χ1) is 15.2. The smallest absolute Gasteiger partial charge is 0.195 e. The van der Waals surface area contributed by atoms with Gasteiger partial charge in [0.15, 0.2) is 5.43 Å². The van der Waals surface area contributed by atoms with Crippen LogP contribution in [0.4, 0.5) is 5.69 Å². The minimum Gasteiger partial charge on any atom is -0.385 e. The van der Waals surface area contributed by atoms with Crippen molar-refractivity contribution in [1.29, 1.82) is 0 Å². The van der Waals surface area contributed by atoms with Crippen molar-refractivity contribution in [3.63, 3.8) is 0 Å². The number of fused-ring (bicyclic) bond motifs is 2. The normalized spacial score (nSPS) is 11.1. The number of nitrogens with one attached hydrogen (secondary N) is 1. The number of hydrogen-bond acceptors (Lipinski definition) is 4. The van der Waals surface area contributed by atoms with Crippen LogP contribution < -0.4 is 10.7 Å². The van der Waals surface area contributed by atoms with Crippen molar-refractivity contribution in [2.75, 3.05) is 11.9 Å². The fourth-order valence-corrected chi connectivity index (χ4v) is 3.84. The number of aromatic nitrogens is 3. The Bertz CT molecular complexity index is 1440. The number of benzene rings is 2. The van der Waals surface area contributed by atoms with Gasteiger partial charge in [-0.25, -0.2) is 0 Å². The fraction of sp³-hybridized carbons (Fsp3) is 0.115. The van der Waals surface area contributed by atoms with E-state index in [1.165, 1.54) is 5.56 Å². The van der Waals surface area contributed by atoms with Gasteiger partial charge in [0.1, 0.15) is 0 Å². The van der Waals surface area contributed by atoms with Gasteiger partial charge >= 0.3 is 0 Å². The summed E-state index contributed by atoms with van der Waals surface area (Å²) in [6.07, 6.45) is 6.42. The summed E-state index contributed by atoms with van der Waals surface area (Å²) >= 11 is 0. The van der Waals surface area contributed by atoms with E-state index in [1.54, 1.807) is 17.1 Å². The molecule has 0 aliphatic carbocycles. The molecule has 0 radical (unpaired) electrons. The molecule has 31 heavy (non-hydrogen) atoms. The molecule has 2 aromatic heterocycles. The summed E-state index contributed by atoms with van der Waals surface area (Å²) in [6, 6.07) is 22.1. The molecule has 5 nitrogen and oxygen atoms in total. The van der Waals surface area contributed by atoms with Gasteiger partial charge < -0.3 is 5.32 Å². The summed E-state index contributed by atoms with van der Waals surface area (Å²) in [7, 11) is 1.87. The number of nitrogens with zero attached hydrogens (tertiary/aromatic N) is 3. The molecule has 0 unspecified atom stereocenters. The summed E-state index contributed by atoms with van der Waals surface area (Å²) in [4.78, 5) is 18.0. The first-order valence-corrected chi connectivity index (χ1v) is 10.3. The largest absolute Gasteiger partial charge is 0.385 e. The van der Waals surface area contributed by atoms with E-state index in [9.17, 15) is 4.79 Å². The lowest BCUT2D eigenvalue weighted by Crippen LogP contribution is -2.06. The number of rotatable bonds is 5. The van der Waals surface area contributed by atoms with Gasteiger partial charge in [0.05, 0.1) is 11.7 Å². The second-order valence-corrected chi connectivity index (χ2v) is 7.69. The zero-order valence-electron chi connectivity index (χ0n) is 17.2. The Hall–Kier alpha value is -3.99. The lowest BCUT2D eigenvalue weighted by Gasteiger charge is -2.07. The third kappa shape index (κ3) is 3.90. The Labute approximate surface area is 180 Å². The number of anilines is 1. The lowest BCUT2D eigenvalue weighted by molar-refractivity contribution is 0.768. The van der Waals surface area contributed by atoms with Crippen molar-refractivity contribution >= 4 is 27.4 Å². The molecule has 0 fully saturated rings. The second kappa shape index (κ2) is 8.03. The van der Waals surface area contributed by atoms with E-state index < -0.39 is 0 Å². The van der Waals surface area contributed by atoms with Gasteiger partial charge in [-0.05, 0) is 41.6 Å². The highest BCUT2D eigenvalue weighted by atomic mass is 16.1. The monoisotopic (exact) mass is 406 g/mol. The Balaban J connectivity index is 1.52. The molecule has 5 heteroatoms. The van der Waals surface area contributed by atoms with Crippen LogP contribution in [0.3, 0.4) is 0 Å². The van der Waals surface area contributed by atoms with E-state index in [1.807, 2.05) is 67.8 Å². The van der Waals surface area contributed by atoms with E-state index in [0.717, 1.165) is 35.2 Å². The fourth-order valence-electron chi connectivity index (χ4n) is 3.84. The molecule has 152 valence electrons. The van der Waals surface area contributed by atoms with Crippen molar-refractivity contribution in [3.8, 4) is 11.1 Å². The van der Waals surface area contributed by atoms with Gasteiger partial charge in [-0.2, -0.15) is 5.10 Å². The van der Waals surface area contributed by atoms with Gasteiger partial charge in [-0.3, -0.25) is 14.5 Å². The van der Waals surface area contributed by atoms with Gasteiger partial charge in [0, 0.05) is 53.6 Å². The molecular formula is C26H22N4O. The third-order valence-electron chi connectivity index (χ3n) is 5.51. The molecule has 0 spiro atoms. The van der Waals surface area contributed by atoms with E-state index in [-0.39, 0.29) is 5.43 Å². The maximum absolute atomic E-state index is 13.4. The number of pyridine rings is 1. The predicted octanol–water partition coefficient (Wildman–Crippen LogP) is 4.80. The summed E-state index contributed by atoms with van der Waals surface area (Å²) < 4.78 is 1.74. The van der Waals surface area contributed by atoms with Crippen LogP contribution in [0.25, 0.3) is 32.8 Å². The van der Waals surface area contributed by atoms with Crippen molar-refractivity contribution < 1.29 is 0 Å². The molecule has 0 aliphatic heterocycles. The van der Waals surface area contributed by atoms with Crippen molar-refractivity contribution in [2.45, 2.75) is 6.42 Å². The quantitative estimate of drug-likeness (QED) is 0.455. The van der Waals surface area contributed by atoms with E-state index >= 15 is 0 Å². The summed E-state index contributed by atoms with van der Waals surface area (Å²) in [5.41, 5.74) is 4.72. The SMILES string of the molecule is Cn1cc(-c2cnc3ccc4ccc(NCCc5ccccc5)cc4c(=O)c3c2)cn1. The molecule has 0 amide bonds. The topological polar surface area (TPSA) is 59.8 Å². The van der Waals surface area contributed by atoms with Gasteiger partial charge in [0.25, 0.3) is 0 Å².